The fraction of sp³-hybridized carbons (Fsp3) is 0.579. The van der Waals surface area contributed by atoms with E-state index in [1.54, 1.807) is 0 Å². The Bertz CT molecular complexity index is 529. The van der Waals surface area contributed by atoms with Gasteiger partial charge in [-0.3, -0.25) is 9.79 Å². The summed E-state index contributed by atoms with van der Waals surface area (Å²) >= 11 is 0. The standard InChI is InChI=1S/C19H30N4O/c1-3-20-19(23-13-7-8-16(2)15-23)21-12-11-18(24)22-14-17-9-5-4-6-10-17/h4-6,9-10,16H,3,7-8,11-15H2,1-2H3,(H,20,21)(H,22,24). The molecule has 132 valence electrons. The van der Waals surface area contributed by atoms with Gasteiger partial charge in [0.15, 0.2) is 5.96 Å². The quantitative estimate of drug-likeness (QED) is 0.622. The molecule has 0 bridgehead atoms. The summed E-state index contributed by atoms with van der Waals surface area (Å²) in [6.45, 7) is 8.41. The summed E-state index contributed by atoms with van der Waals surface area (Å²) in [5, 5.41) is 6.30. The van der Waals surface area contributed by atoms with Gasteiger partial charge in [-0.15, -0.1) is 0 Å². The van der Waals surface area contributed by atoms with Gasteiger partial charge in [0.05, 0.1) is 6.54 Å². The van der Waals surface area contributed by atoms with Crippen molar-refractivity contribution >= 4 is 11.9 Å². The van der Waals surface area contributed by atoms with Crippen molar-refractivity contribution in [2.75, 3.05) is 26.2 Å². The number of nitrogens with one attached hydrogen (secondary N) is 2. The zero-order chi connectivity index (χ0) is 17.2. The summed E-state index contributed by atoms with van der Waals surface area (Å²) in [6.07, 6.45) is 2.92. The maximum Gasteiger partial charge on any atom is 0.222 e. The van der Waals surface area contributed by atoms with E-state index in [0.717, 1.165) is 31.2 Å². The minimum atomic E-state index is 0.0467. The Balaban J connectivity index is 1.77. The molecule has 1 aliphatic rings. The molecule has 1 heterocycles. The second-order valence-electron chi connectivity index (χ2n) is 6.44. The van der Waals surface area contributed by atoms with Crippen molar-refractivity contribution in [3.05, 3.63) is 35.9 Å². The Labute approximate surface area is 145 Å². The molecule has 1 saturated heterocycles. The van der Waals surface area contributed by atoms with Crippen molar-refractivity contribution < 1.29 is 4.79 Å². The molecule has 5 heteroatoms. The molecular weight excluding hydrogens is 300 g/mol. The number of benzene rings is 1. The molecule has 1 aromatic rings. The number of rotatable bonds is 6. The minimum absolute atomic E-state index is 0.0467. The molecule has 1 fully saturated rings. The number of carbonyl (C=O) groups excluding carboxylic acids is 1. The molecule has 0 aromatic heterocycles. The Hall–Kier alpha value is -2.04. The second-order valence-corrected chi connectivity index (χ2v) is 6.44. The molecule has 5 nitrogen and oxygen atoms in total. The number of nitrogens with zero attached hydrogens (tertiary/aromatic N) is 2. The van der Waals surface area contributed by atoms with Gasteiger partial charge in [0.2, 0.25) is 5.91 Å². The molecule has 24 heavy (non-hydrogen) atoms. The van der Waals surface area contributed by atoms with Crippen LogP contribution in [0.3, 0.4) is 0 Å². The molecular formula is C19H30N4O. The Morgan fingerprint density at radius 2 is 2.08 bits per heavy atom. The van der Waals surface area contributed by atoms with Crippen LogP contribution in [0.4, 0.5) is 0 Å². The molecule has 1 atom stereocenters. The van der Waals surface area contributed by atoms with E-state index < -0.39 is 0 Å². The summed E-state index contributed by atoms with van der Waals surface area (Å²) in [5.41, 5.74) is 1.12. The van der Waals surface area contributed by atoms with Crippen LogP contribution in [-0.4, -0.2) is 42.9 Å². The fourth-order valence-corrected chi connectivity index (χ4v) is 2.96. The Morgan fingerprint density at radius 1 is 1.29 bits per heavy atom. The van der Waals surface area contributed by atoms with Crippen molar-refractivity contribution in [1.29, 1.82) is 0 Å². The Morgan fingerprint density at radius 3 is 2.79 bits per heavy atom. The van der Waals surface area contributed by atoms with Gasteiger partial charge in [-0.1, -0.05) is 37.3 Å². The first-order chi connectivity index (χ1) is 11.7. The van der Waals surface area contributed by atoms with Gasteiger partial charge in [0.1, 0.15) is 0 Å². The molecule has 0 aliphatic carbocycles. The summed E-state index contributed by atoms with van der Waals surface area (Å²) in [7, 11) is 0. The number of aliphatic imine (C=N–C) groups is 1. The maximum atomic E-state index is 12.0. The van der Waals surface area contributed by atoms with Crippen LogP contribution in [-0.2, 0) is 11.3 Å². The lowest BCUT2D eigenvalue weighted by Crippen LogP contribution is -2.46. The first-order valence-corrected chi connectivity index (χ1v) is 9.03. The third-order valence-corrected chi connectivity index (χ3v) is 4.22. The van der Waals surface area contributed by atoms with Crippen molar-refractivity contribution in [3.8, 4) is 0 Å². The van der Waals surface area contributed by atoms with Crippen molar-refractivity contribution in [2.24, 2.45) is 10.9 Å². The van der Waals surface area contributed by atoms with Crippen LogP contribution < -0.4 is 10.6 Å². The van der Waals surface area contributed by atoms with Crippen LogP contribution in [0.1, 0.15) is 38.7 Å². The lowest BCUT2D eigenvalue weighted by molar-refractivity contribution is -0.121. The van der Waals surface area contributed by atoms with E-state index in [9.17, 15) is 4.79 Å². The monoisotopic (exact) mass is 330 g/mol. The van der Waals surface area contributed by atoms with Crippen LogP contribution >= 0.6 is 0 Å². The highest BCUT2D eigenvalue weighted by atomic mass is 16.1. The average molecular weight is 330 g/mol. The number of hydrogen-bond donors (Lipinski definition) is 2. The molecule has 1 aliphatic heterocycles. The molecule has 0 radical (unpaired) electrons. The second kappa shape index (κ2) is 9.96. The van der Waals surface area contributed by atoms with Crippen LogP contribution in [0.15, 0.2) is 35.3 Å². The van der Waals surface area contributed by atoms with Gasteiger partial charge in [-0.25, -0.2) is 0 Å². The molecule has 2 N–H and O–H groups in total. The number of carbonyl (C=O) groups is 1. The predicted octanol–water partition coefficient (Wildman–Crippen LogP) is 2.39. The highest BCUT2D eigenvalue weighted by Crippen LogP contribution is 2.15. The molecule has 0 spiro atoms. The third kappa shape index (κ3) is 6.22. The zero-order valence-corrected chi connectivity index (χ0v) is 14.9. The number of amides is 1. The van der Waals surface area contributed by atoms with E-state index in [1.165, 1.54) is 12.8 Å². The normalized spacial score (nSPS) is 18.3. The smallest absolute Gasteiger partial charge is 0.222 e. The van der Waals surface area contributed by atoms with E-state index in [0.29, 0.717) is 25.4 Å². The number of likely N-dealkylation sites (tertiary alicyclic amines) is 1. The molecule has 1 aromatic carbocycles. The highest BCUT2D eigenvalue weighted by Gasteiger charge is 2.19. The molecule has 1 unspecified atom stereocenters. The van der Waals surface area contributed by atoms with Gasteiger partial charge in [0, 0.05) is 32.6 Å². The molecule has 1 amide bonds. The lowest BCUT2D eigenvalue weighted by Gasteiger charge is -2.33. The maximum absolute atomic E-state index is 12.0. The van der Waals surface area contributed by atoms with Gasteiger partial charge >= 0.3 is 0 Å². The highest BCUT2D eigenvalue weighted by molar-refractivity contribution is 5.81. The predicted molar refractivity (Wildman–Crippen MR) is 98.9 cm³/mol. The van der Waals surface area contributed by atoms with E-state index in [2.05, 4.69) is 34.4 Å². The van der Waals surface area contributed by atoms with Crippen LogP contribution in [0, 0.1) is 5.92 Å². The van der Waals surface area contributed by atoms with Crippen molar-refractivity contribution in [1.82, 2.24) is 15.5 Å². The van der Waals surface area contributed by atoms with Crippen LogP contribution in [0.25, 0.3) is 0 Å². The largest absolute Gasteiger partial charge is 0.357 e. The molecule has 2 rings (SSSR count). The van der Waals surface area contributed by atoms with Crippen molar-refractivity contribution in [3.63, 3.8) is 0 Å². The number of piperidine rings is 1. The summed E-state index contributed by atoms with van der Waals surface area (Å²) < 4.78 is 0. The van der Waals surface area contributed by atoms with Gasteiger partial charge in [-0.05, 0) is 31.2 Å². The zero-order valence-electron chi connectivity index (χ0n) is 14.9. The molecule has 0 saturated carbocycles. The summed E-state index contributed by atoms with van der Waals surface area (Å²) in [4.78, 5) is 18.9. The van der Waals surface area contributed by atoms with Crippen LogP contribution in [0.5, 0.6) is 0 Å². The first-order valence-electron chi connectivity index (χ1n) is 9.03. The van der Waals surface area contributed by atoms with Crippen molar-refractivity contribution in [2.45, 2.75) is 39.7 Å². The van der Waals surface area contributed by atoms with Crippen LogP contribution in [0.2, 0.25) is 0 Å². The third-order valence-electron chi connectivity index (χ3n) is 4.22. The van der Waals surface area contributed by atoms with Gasteiger partial charge < -0.3 is 15.5 Å². The van der Waals surface area contributed by atoms with E-state index in [-0.39, 0.29) is 5.91 Å². The average Bonchev–Trinajstić information content (AvgIpc) is 2.60. The number of hydrogen-bond acceptors (Lipinski definition) is 2. The Kier molecular flexibility index (Phi) is 7.59. The lowest BCUT2D eigenvalue weighted by atomic mass is 10.0. The number of guanidine groups is 1. The SMILES string of the molecule is CCNC(=NCCC(=O)NCc1ccccc1)N1CCCC(C)C1. The van der Waals surface area contributed by atoms with E-state index in [4.69, 9.17) is 0 Å². The summed E-state index contributed by atoms with van der Waals surface area (Å²) in [6, 6.07) is 9.96. The minimum Gasteiger partial charge on any atom is -0.357 e. The summed E-state index contributed by atoms with van der Waals surface area (Å²) in [5.74, 6) is 1.70. The van der Waals surface area contributed by atoms with Gasteiger partial charge in [-0.2, -0.15) is 0 Å². The topological polar surface area (TPSA) is 56.7 Å². The van der Waals surface area contributed by atoms with E-state index >= 15 is 0 Å². The van der Waals surface area contributed by atoms with Gasteiger partial charge in [0.25, 0.3) is 0 Å². The van der Waals surface area contributed by atoms with E-state index in [1.807, 2.05) is 30.3 Å². The first kappa shape index (κ1) is 18.3. The fourth-order valence-electron chi connectivity index (χ4n) is 2.96.